The first kappa shape index (κ1) is 27.5. The zero-order chi connectivity index (χ0) is 26.5. The molecular formula is C28H36N2O6. The molecule has 1 heterocycles. The minimum atomic E-state index is -1.71. The molecule has 1 aliphatic heterocycles. The Hall–Kier alpha value is -3.04. The molecule has 2 amide bonds. The van der Waals surface area contributed by atoms with E-state index < -0.39 is 36.4 Å². The average Bonchev–Trinajstić information content (AvgIpc) is 3.00. The number of carbonyl (C=O) groups excluding carboxylic acids is 2. The number of fused-ring (bicyclic) bond motifs is 1. The Morgan fingerprint density at radius 1 is 1.08 bits per heavy atom. The SMILES string of the molecule is CO[C@@H](C(=O)NC1CCc2cc(-c3ccccc3)ccc2NC1=O)[C@H](O)[C@@H](O)[C@H](O)/C=C/C(C)(C)C. The van der Waals surface area contributed by atoms with Gasteiger partial charge in [0, 0.05) is 12.8 Å². The summed E-state index contributed by atoms with van der Waals surface area (Å²) in [6.45, 7) is 5.76. The second kappa shape index (κ2) is 11.8. The molecule has 1 aliphatic rings. The number of aryl methyl sites for hydroxylation is 1. The van der Waals surface area contributed by atoms with Gasteiger partial charge < -0.3 is 30.7 Å². The molecule has 36 heavy (non-hydrogen) atoms. The number of hydrogen-bond donors (Lipinski definition) is 5. The Balaban J connectivity index is 1.67. The summed E-state index contributed by atoms with van der Waals surface area (Å²) < 4.78 is 5.14. The third kappa shape index (κ3) is 7.01. The van der Waals surface area contributed by atoms with Crippen molar-refractivity contribution in [3.8, 4) is 11.1 Å². The first-order valence-electron chi connectivity index (χ1n) is 12.1. The number of carbonyl (C=O) groups is 2. The van der Waals surface area contributed by atoms with Gasteiger partial charge in [-0.2, -0.15) is 0 Å². The number of benzene rings is 2. The smallest absolute Gasteiger partial charge is 0.252 e. The van der Waals surface area contributed by atoms with E-state index in [9.17, 15) is 24.9 Å². The lowest BCUT2D eigenvalue weighted by molar-refractivity contribution is -0.150. The molecule has 0 saturated carbocycles. The summed E-state index contributed by atoms with van der Waals surface area (Å²) in [7, 11) is 1.21. The zero-order valence-electron chi connectivity index (χ0n) is 21.1. The molecule has 5 N–H and O–H groups in total. The van der Waals surface area contributed by atoms with Crippen molar-refractivity contribution in [3.05, 3.63) is 66.2 Å². The fourth-order valence-corrected chi connectivity index (χ4v) is 4.06. The molecule has 1 unspecified atom stereocenters. The van der Waals surface area contributed by atoms with E-state index in [4.69, 9.17) is 4.74 Å². The monoisotopic (exact) mass is 496 g/mol. The Bertz CT molecular complexity index is 1080. The highest BCUT2D eigenvalue weighted by molar-refractivity contribution is 5.99. The molecule has 0 aromatic heterocycles. The molecule has 194 valence electrons. The van der Waals surface area contributed by atoms with Gasteiger partial charge in [-0.25, -0.2) is 0 Å². The quantitative estimate of drug-likeness (QED) is 0.357. The lowest BCUT2D eigenvalue weighted by Crippen LogP contribution is -2.55. The first-order valence-corrected chi connectivity index (χ1v) is 12.1. The summed E-state index contributed by atoms with van der Waals surface area (Å²) in [5, 5.41) is 36.7. The van der Waals surface area contributed by atoms with Crippen molar-refractivity contribution in [1.82, 2.24) is 5.32 Å². The van der Waals surface area contributed by atoms with E-state index in [0.29, 0.717) is 18.5 Å². The molecule has 0 bridgehead atoms. The van der Waals surface area contributed by atoms with Crippen molar-refractivity contribution < 1.29 is 29.6 Å². The van der Waals surface area contributed by atoms with Crippen LogP contribution >= 0.6 is 0 Å². The maximum absolute atomic E-state index is 12.9. The third-order valence-corrected chi connectivity index (χ3v) is 6.12. The molecule has 8 heteroatoms. The molecule has 8 nitrogen and oxygen atoms in total. The minimum Gasteiger partial charge on any atom is -0.387 e. The van der Waals surface area contributed by atoms with Crippen molar-refractivity contribution in [2.24, 2.45) is 5.41 Å². The van der Waals surface area contributed by atoms with Crippen LogP contribution in [0.5, 0.6) is 0 Å². The van der Waals surface area contributed by atoms with E-state index in [0.717, 1.165) is 16.7 Å². The van der Waals surface area contributed by atoms with Gasteiger partial charge in [-0.05, 0) is 47.1 Å². The van der Waals surface area contributed by atoms with Gasteiger partial charge in [0.1, 0.15) is 24.4 Å². The Kier molecular flexibility index (Phi) is 9.03. The van der Waals surface area contributed by atoms with Crippen molar-refractivity contribution in [1.29, 1.82) is 0 Å². The van der Waals surface area contributed by atoms with Gasteiger partial charge >= 0.3 is 0 Å². The van der Waals surface area contributed by atoms with Gasteiger partial charge in [0.15, 0.2) is 6.10 Å². The van der Waals surface area contributed by atoms with Crippen LogP contribution in [0.2, 0.25) is 0 Å². The lowest BCUT2D eigenvalue weighted by Gasteiger charge is -2.28. The van der Waals surface area contributed by atoms with E-state index in [-0.39, 0.29) is 11.3 Å². The molecule has 2 aromatic carbocycles. The van der Waals surface area contributed by atoms with Crippen molar-refractivity contribution in [3.63, 3.8) is 0 Å². The van der Waals surface area contributed by atoms with Crippen LogP contribution in [0.25, 0.3) is 11.1 Å². The molecule has 0 spiro atoms. The van der Waals surface area contributed by atoms with E-state index in [1.54, 1.807) is 6.08 Å². The molecule has 0 aliphatic carbocycles. The Labute approximate surface area is 212 Å². The van der Waals surface area contributed by atoms with Crippen LogP contribution in [0.15, 0.2) is 60.7 Å². The van der Waals surface area contributed by atoms with Gasteiger partial charge in [0.25, 0.3) is 5.91 Å². The van der Waals surface area contributed by atoms with Crippen molar-refractivity contribution in [2.45, 2.75) is 64.1 Å². The van der Waals surface area contributed by atoms with Crippen LogP contribution in [-0.4, -0.2) is 64.7 Å². The van der Waals surface area contributed by atoms with Crippen LogP contribution in [0.4, 0.5) is 5.69 Å². The van der Waals surface area contributed by atoms with Crippen LogP contribution < -0.4 is 10.6 Å². The fraction of sp³-hybridized carbons (Fsp3) is 0.429. The maximum atomic E-state index is 12.9. The lowest BCUT2D eigenvalue weighted by atomic mass is 9.94. The van der Waals surface area contributed by atoms with Crippen molar-refractivity contribution in [2.75, 3.05) is 12.4 Å². The predicted octanol–water partition coefficient (Wildman–Crippen LogP) is 2.42. The minimum absolute atomic E-state index is 0.240. The van der Waals surface area contributed by atoms with Crippen LogP contribution in [0, 0.1) is 5.41 Å². The highest BCUT2D eigenvalue weighted by Crippen LogP contribution is 2.28. The summed E-state index contributed by atoms with van der Waals surface area (Å²) in [5.41, 5.74) is 3.49. The maximum Gasteiger partial charge on any atom is 0.252 e. The molecule has 5 atom stereocenters. The van der Waals surface area contributed by atoms with Gasteiger partial charge in [-0.15, -0.1) is 0 Å². The number of aliphatic hydroxyl groups excluding tert-OH is 3. The summed E-state index contributed by atoms with van der Waals surface area (Å²) in [6, 6.07) is 14.9. The van der Waals surface area contributed by atoms with E-state index in [1.807, 2.05) is 69.3 Å². The third-order valence-electron chi connectivity index (χ3n) is 6.12. The summed E-state index contributed by atoms with van der Waals surface area (Å²) >= 11 is 0. The van der Waals surface area contributed by atoms with Crippen LogP contribution in [-0.2, 0) is 20.7 Å². The second-order valence-corrected chi connectivity index (χ2v) is 10.2. The molecular weight excluding hydrogens is 460 g/mol. The normalized spacial score (nSPS) is 19.5. The summed E-state index contributed by atoms with van der Waals surface area (Å²) in [5.74, 6) is -1.14. The van der Waals surface area contributed by atoms with E-state index in [1.165, 1.54) is 13.2 Å². The van der Waals surface area contributed by atoms with Crippen LogP contribution in [0.3, 0.4) is 0 Å². The number of methoxy groups -OCH3 is 1. The standard InChI is InChI=1S/C28H36N2O6/c1-28(2,3)15-14-22(31)23(32)24(33)25(36-4)27(35)30-21-13-11-19-16-18(17-8-6-5-7-9-17)10-12-20(19)29-26(21)34/h5-10,12,14-16,21-25,31-33H,11,13H2,1-4H3,(H,29,34)(H,30,35)/b15-14+/t21?,22-,23+,24-,25-/m1/s1. The molecule has 0 fully saturated rings. The van der Waals surface area contributed by atoms with Gasteiger partial charge in [-0.3, -0.25) is 9.59 Å². The van der Waals surface area contributed by atoms with E-state index >= 15 is 0 Å². The number of anilines is 1. The number of ether oxygens (including phenoxy) is 1. The number of hydrogen-bond acceptors (Lipinski definition) is 6. The number of amides is 2. The number of aliphatic hydroxyl groups is 3. The summed E-state index contributed by atoms with van der Waals surface area (Å²) in [6.07, 6.45) is -2.31. The number of rotatable bonds is 8. The fourth-order valence-electron chi connectivity index (χ4n) is 4.06. The highest BCUT2D eigenvalue weighted by Gasteiger charge is 2.37. The molecule has 0 saturated heterocycles. The Morgan fingerprint density at radius 3 is 2.42 bits per heavy atom. The predicted molar refractivity (Wildman–Crippen MR) is 138 cm³/mol. The topological polar surface area (TPSA) is 128 Å². The highest BCUT2D eigenvalue weighted by atomic mass is 16.5. The molecule has 3 rings (SSSR count). The number of allylic oxidation sites excluding steroid dienone is 1. The van der Waals surface area contributed by atoms with E-state index in [2.05, 4.69) is 10.6 Å². The van der Waals surface area contributed by atoms with Gasteiger partial charge in [0.05, 0.1) is 0 Å². The molecule has 0 radical (unpaired) electrons. The molecule has 2 aromatic rings. The van der Waals surface area contributed by atoms with Gasteiger partial charge in [-0.1, -0.05) is 69.3 Å². The summed E-state index contributed by atoms with van der Waals surface area (Å²) in [4.78, 5) is 25.8. The first-order chi connectivity index (χ1) is 17.0. The van der Waals surface area contributed by atoms with Crippen LogP contribution in [0.1, 0.15) is 32.8 Å². The van der Waals surface area contributed by atoms with Gasteiger partial charge in [0.2, 0.25) is 5.91 Å². The van der Waals surface area contributed by atoms with Crippen molar-refractivity contribution >= 4 is 17.5 Å². The Morgan fingerprint density at radius 2 is 1.78 bits per heavy atom. The second-order valence-electron chi connectivity index (χ2n) is 10.2. The largest absolute Gasteiger partial charge is 0.387 e. The zero-order valence-corrected chi connectivity index (χ0v) is 21.1. The average molecular weight is 497 g/mol. The number of nitrogens with one attached hydrogen (secondary N) is 2.